The Balaban J connectivity index is 4.29. The number of hydrogen-bond donors (Lipinski definition) is 0. The van der Waals surface area contributed by atoms with E-state index in [0.717, 1.165) is 63.7 Å². The summed E-state index contributed by atoms with van der Waals surface area (Å²) in [6, 6.07) is 0. The summed E-state index contributed by atoms with van der Waals surface area (Å²) in [5.41, 5.74) is 0. The summed E-state index contributed by atoms with van der Waals surface area (Å²) in [6.45, 7) is 9.06. The maximum atomic E-state index is 12.8. The number of hydrogen-bond acceptors (Lipinski definition) is 6. The van der Waals surface area contributed by atoms with E-state index in [-0.39, 0.29) is 31.1 Å². The molecule has 0 aliphatic rings. The molecule has 0 fully saturated rings. The van der Waals surface area contributed by atoms with Crippen molar-refractivity contribution in [2.24, 2.45) is 5.92 Å². The molecule has 0 radical (unpaired) electrons. The molecule has 0 aliphatic carbocycles. The third-order valence-corrected chi connectivity index (χ3v) is 13.4. The zero-order valence-corrected chi connectivity index (χ0v) is 43.0. The molecule has 374 valence electrons. The van der Waals surface area contributed by atoms with Crippen molar-refractivity contribution in [3.8, 4) is 0 Å². The molecule has 1 unspecified atom stereocenters. The highest BCUT2D eigenvalue weighted by molar-refractivity contribution is 5.71. The first kappa shape index (κ1) is 61.4. The smallest absolute Gasteiger partial charge is 0.306 e. The van der Waals surface area contributed by atoms with Crippen molar-refractivity contribution in [3.63, 3.8) is 0 Å². The molecule has 0 aromatic rings. The van der Waals surface area contributed by atoms with Gasteiger partial charge in [-0.05, 0) is 25.2 Å². The number of esters is 3. The molecule has 6 nitrogen and oxygen atoms in total. The van der Waals surface area contributed by atoms with E-state index in [1.165, 1.54) is 218 Å². The summed E-state index contributed by atoms with van der Waals surface area (Å²) in [5.74, 6) is 0.00914. The van der Waals surface area contributed by atoms with Crippen molar-refractivity contribution in [1.82, 2.24) is 0 Å². The topological polar surface area (TPSA) is 78.9 Å². The van der Waals surface area contributed by atoms with Gasteiger partial charge in [-0.15, -0.1) is 0 Å². The molecule has 0 rings (SSSR count). The van der Waals surface area contributed by atoms with Gasteiger partial charge in [-0.3, -0.25) is 14.4 Å². The number of rotatable bonds is 52. The Labute approximate surface area is 393 Å². The molecular formula is C57H110O6. The van der Waals surface area contributed by atoms with Crippen LogP contribution in [0, 0.1) is 5.92 Å². The van der Waals surface area contributed by atoms with Gasteiger partial charge in [-0.2, -0.15) is 0 Å². The lowest BCUT2D eigenvalue weighted by Crippen LogP contribution is -2.30. The van der Waals surface area contributed by atoms with Gasteiger partial charge in [0, 0.05) is 19.3 Å². The Kier molecular flexibility index (Phi) is 50.1. The highest BCUT2D eigenvalue weighted by Crippen LogP contribution is 2.18. The molecular weight excluding hydrogens is 781 g/mol. The maximum Gasteiger partial charge on any atom is 0.306 e. The van der Waals surface area contributed by atoms with Crippen LogP contribution in [0.3, 0.4) is 0 Å². The van der Waals surface area contributed by atoms with Crippen LogP contribution in [0.2, 0.25) is 0 Å². The van der Waals surface area contributed by atoms with Crippen LogP contribution in [-0.4, -0.2) is 37.2 Å². The van der Waals surface area contributed by atoms with Crippen LogP contribution in [0.25, 0.3) is 0 Å². The zero-order valence-electron chi connectivity index (χ0n) is 43.0. The van der Waals surface area contributed by atoms with Crippen LogP contribution in [0.5, 0.6) is 0 Å². The molecule has 0 bridgehead atoms. The normalized spacial score (nSPS) is 12.4. The minimum Gasteiger partial charge on any atom is -0.462 e. The largest absolute Gasteiger partial charge is 0.462 e. The lowest BCUT2D eigenvalue weighted by atomic mass is 9.99. The minimum atomic E-state index is -0.762. The SMILES string of the molecule is CCCCCCCCCCCCCCCCCCCC(=O)O[C@@H](COC(=O)CCCCCCCCCCCCCCCCCC)COC(=O)CCCCCCCCCCC(C)CC. The summed E-state index contributed by atoms with van der Waals surface area (Å²) in [6.07, 6.45) is 55.1. The highest BCUT2D eigenvalue weighted by Gasteiger charge is 2.19. The fourth-order valence-electron chi connectivity index (χ4n) is 8.72. The van der Waals surface area contributed by atoms with E-state index in [4.69, 9.17) is 14.2 Å². The van der Waals surface area contributed by atoms with Gasteiger partial charge in [-0.25, -0.2) is 0 Å². The van der Waals surface area contributed by atoms with E-state index < -0.39 is 6.10 Å². The second-order valence-corrected chi connectivity index (χ2v) is 19.8. The highest BCUT2D eigenvalue weighted by atomic mass is 16.6. The summed E-state index contributed by atoms with van der Waals surface area (Å²) in [5, 5.41) is 0. The molecule has 0 amide bonds. The van der Waals surface area contributed by atoms with E-state index in [1.54, 1.807) is 0 Å². The molecule has 0 spiro atoms. The molecule has 0 heterocycles. The van der Waals surface area contributed by atoms with Gasteiger partial charge < -0.3 is 14.2 Å². The molecule has 0 aliphatic heterocycles. The number of carbonyl (C=O) groups excluding carboxylic acids is 3. The van der Waals surface area contributed by atoms with E-state index >= 15 is 0 Å². The van der Waals surface area contributed by atoms with Crippen LogP contribution in [0.4, 0.5) is 0 Å². The molecule has 0 aromatic heterocycles. The van der Waals surface area contributed by atoms with Gasteiger partial charge in [0.1, 0.15) is 13.2 Å². The van der Waals surface area contributed by atoms with Crippen molar-refractivity contribution < 1.29 is 28.6 Å². The first-order chi connectivity index (χ1) is 30.9. The van der Waals surface area contributed by atoms with E-state index in [1.807, 2.05) is 0 Å². The summed E-state index contributed by atoms with van der Waals surface area (Å²) < 4.78 is 16.9. The molecule has 0 aromatic carbocycles. The second kappa shape index (κ2) is 51.4. The molecule has 0 saturated carbocycles. The Morgan fingerprint density at radius 1 is 0.317 bits per heavy atom. The van der Waals surface area contributed by atoms with Gasteiger partial charge in [0.2, 0.25) is 0 Å². The first-order valence-electron chi connectivity index (χ1n) is 28.4. The molecule has 2 atom stereocenters. The Morgan fingerprint density at radius 3 is 0.825 bits per heavy atom. The first-order valence-corrected chi connectivity index (χ1v) is 28.4. The summed E-state index contributed by atoms with van der Waals surface area (Å²) >= 11 is 0. The van der Waals surface area contributed by atoms with Gasteiger partial charge >= 0.3 is 17.9 Å². The van der Waals surface area contributed by atoms with Crippen LogP contribution in [-0.2, 0) is 28.6 Å². The minimum absolute atomic E-state index is 0.0624. The predicted molar refractivity (Wildman–Crippen MR) is 270 cm³/mol. The van der Waals surface area contributed by atoms with Gasteiger partial charge in [-0.1, -0.05) is 285 Å². The number of carbonyl (C=O) groups is 3. The Hall–Kier alpha value is -1.59. The van der Waals surface area contributed by atoms with E-state index in [2.05, 4.69) is 27.7 Å². The van der Waals surface area contributed by atoms with Crippen molar-refractivity contribution in [2.45, 2.75) is 329 Å². The van der Waals surface area contributed by atoms with Crippen molar-refractivity contribution >= 4 is 17.9 Å². The Bertz CT molecular complexity index is 951. The number of unbranched alkanes of at least 4 members (excludes halogenated alkanes) is 38. The van der Waals surface area contributed by atoms with Crippen molar-refractivity contribution in [2.75, 3.05) is 13.2 Å². The standard InChI is InChI=1S/C57H110O6/c1-5-8-10-12-14-16-18-20-22-24-26-28-30-32-38-42-46-50-57(60)63-54(52-62-56(59)49-45-41-37-34-33-35-39-43-47-53(4)7-3)51-61-55(58)48-44-40-36-31-29-27-25-23-21-19-17-15-13-11-9-6-2/h53-54H,5-52H2,1-4H3/t53?,54-/m0/s1. The van der Waals surface area contributed by atoms with E-state index in [9.17, 15) is 14.4 Å². The average Bonchev–Trinajstić information content (AvgIpc) is 3.28. The van der Waals surface area contributed by atoms with Gasteiger partial charge in [0.05, 0.1) is 0 Å². The molecule has 0 N–H and O–H groups in total. The van der Waals surface area contributed by atoms with Gasteiger partial charge in [0.25, 0.3) is 0 Å². The van der Waals surface area contributed by atoms with Crippen molar-refractivity contribution in [1.29, 1.82) is 0 Å². The predicted octanol–water partition coefficient (Wildman–Crippen LogP) is 18.6. The maximum absolute atomic E-state index is 12.8. The lowest BCUT2D eigenvalue weighted by Gasteiger charge is -2.18. The third kappa shape index (κ3) is 49.7. The van der Waals surface area contributed by atoms with Crippen LogP contribution < -0.4 is 0 Å². The third-order valence-electron chi connectivity index (χ3n) is 13.4. The lowest BCUT2D eigenvalue weighted by molar-refractivity contribution is -0.167. The van der Waals surface area contributed by atoms with Gasteiger partial charge in [0.15, 0.2) is 6.10 Å². The second-order valence-electron chi connectivity index (χ2n) is 19.8. The quantitative estimate of drug-likeness (QED) is 0.0344. The van der Waals surface area contributed by atoms with Crippen molar-refractivity contribution in [3.05, 3.63) is 0 Å². The Morgan fingerprint density at radius 2 is 0.556 bits per heavy atom. The van der Waals surface area contributed by atoms with Crippen LogP contribution >= 0.6 is 0 Å². The zero-order chi connectivity index (χ0) is 45.9. The number of ether oxygens (including phenoxy) is 3. The van der Waals surface area contributed by atoms with Crippen LogP contribution in [0.15, 0.2) is 0 Å². The molecule has 6 heteroatoms. The fraction of sp³-hybridized carbons (Fsp3) is 0.947. The van der Waals surface area contributed by atoms with E-state index in [0.29, 0.717) is 19.3 Å². The summed E-state index contributed by atoms with van der Waals surface area (Å²) in [4.78, 5) is 38.1. The summed E-state index contributed by atoms with van der Waals surface area (Å²) in [7, 11) is 0. The monoisotopic (exact) mass is 891 g/mol. The van der Waals surface area contributed by atoms with Crippen LogP contribution in [0.1, 0.15) is 323 Å². The molecule has 0 saturated heterocycles. The fourth-order valence-corrected chi connectivity index (χ4v) is 8.72. The molecule has 63 heavy (non-hydrogen) atoms. The average molecular weight is 892 g/mol.